The normalized spacial score (nSPS) is 17.1. The van der Waals surface area contributed by atoms with Gasteiger partial charge in [-0.2, -0.15) is 0 Å². The number of nitrogens with zero attached hydrogens (tertiary/aromatic N) is 2. The molecule has 0 bridgehead atoms. The molecule has 1 saturated heterocycles. The van der Waals surface area contributed by atoms with E-state index in [2.05, 4.69) is 37.9 Å². The smallest absolute Gasteiger partial charge is 0.161 e. The Morgan fingerprint density at radius 2 is 1.65 bits per heavy atom. The van der Waals surface area contributed by atoms with Crippen molar-refractivity contribution in [3.63, 3.8) is 0 Å². The monoisotopic (exact) mass is 342 g/mol. The number of ether oxygens (including phenoxy) is 2. The Kier molecular flexibility index (Phi) is 6.13. The molecule has 1 aliphatic heterocycles. The number of hydrogen-bond donors (Lipinski definition) is 0. The molecule has 1 aromatic carbocycles. The van der Waals surface area contributed by atoms with Gasteiger partial charge in [0.05, 0.1) is 14.2 Å². The third kappa shape index (κ3) is 4.11. The molecule has 20 heavy (non-hydrogen) atoms. The molecule has 112 valence electrons. The molecule has 1 fully saturated rings. The molecule has 4 nitrogen and oxygen atoms in total. The van der Waals surface area contributed by atoms with Crippen LogP contribution in [0.25, 0.3) is 0 Å². The number of halogens is 1. The molecular formula is C15H23BrN2O2. The van der Waals surface area contributed by atoms with E-state index in [4.69, 9.17) is 9.47 Å². The van der Waals surface area contributed by atoms with E-state index in [1.807, 2.05) is 6.07 Å². The highest BCUT2D eigenvalue weighted by molar-refractivity contribution is 9.09. The van der Waals surface area contributed by atoms with E-state index in [-0.39, 0.29) is 0 Å². The third-order valence-electron chi connectivity index (χ3n) is 3.72. The molecule has 0 aromatic heterocycles. The van der Waals surface area contributed by atoms with Crippen LogP contribution in [-0.4, -0.2) is 62.1 Å². The predicted octanol–water partition coefficient (Wildman–Crippen LogP) is 2.22. The number of benzene rings is 1. The van der Waals surface area contributed by atoms with Crippen molar-refractivity contribution < 1.29 is 9.47 Å². The van der Waals surface area contributed by atoms with Gasteiger partial charge in [0, 0.05) is 44.6 Å². The van der Waals surface area contributed by atoms with Gasteiger partial charge >= 0.3 is 0 Å². The molecule has 0 unspecified atom stereocenters. The molecule has 0 amide bonds. The minimum Gasteiger partial charge on any atom is -0.493 e. The van der Waals surface area contributed by atoms with Crippen LogP contribution in [0.4, 0.5) is 0 Å². The zero-order chi connectivity index (χ0) is 14.4. The van der Waals surface area contributed by atoms with Gasteiger partial charge < -0.3 is 9.47 Å². The van der Waals surface area contributed by atoms with Gasteiger partial charge in [-0.05, 0) is 17.7 Å². The summed E-state index contributed by atoms with van der Waals surface area (Å²) < 4.78 is 10.6. The van der Waals surface area contributed by atoms with Gasteiger partial charge in [-0.1, -0.05) is 22.0 Å². The largest absolute Gasteiger partial charge is 0.493 e. The first-order valence-corrected chi connectivity index (χ1v) is 8.10. The van der Waals surface area contributed by atoms with Crippen molar-refractivity contribution in [1.29, 1.82) is 0 Å². The molecule has 0 radical (unpaired) electrons. The fourth-order valence-corrected chi connectivity index (χ4v) is 3.03. The highest BCUT2D eigenvalue weighted by atomic mass is 79.9. The summed E-state index contributed by atoms with van der Waals surface area (Å²) >= 11 is 3.50. The van der Waals surface area contributed by atoms with Crippen LogP contribution in [0.1, 0.15) is 5.56 Å². The Bertz CT molecular complexity index is 420. The first kappa shape index (κ1) is 15.6. The first-order chi connectivity index (χ1) is 9.76. The lowest BCUT2D eigenvalue weighted by molar-refractivity contribution is 0.133. The van der Waals surface area contributed by atoms with Gasteiger partial charge in [0.2, 0.25) is 0 Å². The Labute approximate surface area is 129 Å². The fraction of sp³-hybridized carbons (Fsp3) is 0.600. The summed E-state index contributed by atoms with van der Waals surface area (Å²) in [5, 5.41) is 1.06. The Morgan fingerprint density at radius 1 is 1.00 bits per heavy atom. The van der Waals surface area contributed by atoms with E-state index < -0.39 is 0 Å². The minimum absolute atomic E-state index is 0.790. The summed E-state index contributed by atoms with van der Waals surface area (Å²) in [5.74, 6) is 1.60. The highest BCUT2D eigenvalue weighted by Crippen LogP contribution is 2.28. The molecular weight excluding hydrogens is 320 g/mol. The van der Waals surface area contributed by atoms with Gasteiger partial charge in [-0.25, -0.2) is 0 Å². The van der Waals surface area contributed by atoms with Crippen molar-refractivity contribution in [2.75, 3.05) is 52.3 Å². The number of methoxy groups -OCH3 is 2. The second-order valence-electron chi connectivity index (χ2n) is 5.00. The standard InChI is InChI=1S/C15H23BrN2O2/c1-19-14-4-3-13(11-15(14)20-2)12-18-9-7-17(6-5-16)8-10-18/h3-4,11H,5-10,12H2,1-2H3. The number of piperazine rings is 1. The van der Waals surface area contributed by atoms with E-state index in [1.165, 1.54) is 5.56 Å². The lowest BCUT2D eigenvalue weighted by atomic mass is 10.1. The molecule has 1 aliphatic rings. The molecule has 2 rings (SSSR count). The van der Waals surface area contributed by atoms with Gasteiger partial charge in [0.1, 0.15) is 0 Å². The molecule has 0 N–H and O–H groups in total. The number of alkyl halides is 1. The molecule has 5 heteroatoms. The van der Waals surface area contributed by atoms with E-state index in [0.29, 0.717) is 0 Å². The number of rotatable bonds is 6. The fourth-order valence-electron chi connectivity index (χ4n) is 2.53. The quantitative estimate of drug-likeness (QED) is 0.740. The maximum atomic E-state index is 5.36. The van der Waals surface area contributed by atoms with Gasteiger partial charge in [-0.3, -0.25) is 9.80 Å². The molecule has 0 spiro atoms. The van der Waals surface area contributed by atoms with Crippen LogP contribution < -0.4 is 9.47 Å². The van der Waals surface area contributed by atoms with Crippen LogP contribution in [-0.2, 0) is 6.54 Å². The minimum atomic E-state index is 0.790. The van der Waals surface area contributed by atoms with Crippen molar-refractivity contribution in [2.45, 2.75) is 6.54 Å². The molecule has 1 heterocycles. The third-order valence-corrected chi connectivity index (χ3v) is 4.07. The lowest BCUT2D eigenvalue weighted by Gasteiger charge is -2.34. The van der Waals surface area contributed by atoms with Gasteiger partial charge in [0.15, 0.2) is 11.5 Å². The van der Waals surface area contributed by atoms with Crippen molar-refractivity contribution in [2.24, 2.45) is 0 Å². The average Bonchev–Trinajstić information content (AvgIpc) is 2.49. The van der Waals surface area contributed by atoms with Gasteiger partial charge in [0.25, 0.3) is 0 Å². The lowest BCUT2D eigenvalue weighted by Crippen LogP contribution is -2.46. The van der Waals surface area contributed by atoms with Crippen LogP contribution >= 0.6 is 15.9 Å². The van der Waals surface area contributed by atoms with E-state index in [1.54, 1.807) is 14.2 Å². The second kappa shape index (κ2) is 7.86. The van der Waals surface area contributed by atoms with Crippen molar-refractivity contribution in [1.82, 2.24) is 9.80 Å². The summed E-state index contributed by atoms with van der Waals surface area (Å²) in [4.78, 5) is 4.99. The summed E-state index contributed by atoms with van der Waals surface area (Å²) in [6, 6.07) is 6.17. The van der Waals surface area contributed by atoms with E-state index >= 15 is 0 Å². The molecule has 1 aromatic rings. The van der Waals surface area contributed by atoms with Crippen LogP contribution in [0.5, 0.6) is 11.5 Å². The summed E-state index contributed by atoms with van der Waals surface area (Å²) in [6.45, 7) is 6.67. The van der Waals surface area contributed by atoms with Crippen LogP contribution in [0.15, 0.2) is 18.2 Å². The van der Waals surface area contributed by atoms with Crippen LogP contribution in [0, 0.1) is 0 Å². The molecule has 0 saturated carbocycles. The van der Waals surface area contributed by atoms with Crippen LogP contribution in [0.3, 0.4) is 0 Å². The van der Waals surface area contributed by atoms with Crippen LogP contribution in [0.2, 0.25) is 0 Å². The Hall–Kier alpha value is -0.780. The van der Waals surface area contributed by atoms with E-state index in [9.17, 15) is 0 Å². The van der Waals surface area contributed by atoms with Gasteiger partial charge in [-0.15, -0.1) is 0 Å². The highest BCUT2D eigenvalue weighted by Gasteiger charge is 2.16. The van der Waals surface area contributed by atoms with Crippen molar-refractivity contribution >= 4 is 15.9 Å². The Balaban J connectivity index is 1.91. The maximum Gasteiger partial charge on any atom is 0.161 e. The Morgan fingerprint density at radius 3 is 2.25 bits per heavy atom. The summed E-state index contributed by atoms with van der Waals surface area (Å²) in [6.07, 6.45) is 0. The van der Waals surface area contributed by atoms with E-state index in [0.717, 1.165) is 56.1 Å². The topological polar surface area (TPSA) is 24.9 Å². The zero-order valence-electron chi connectivity index (χ0n) is 12.3. The maximum absolute atomic E-state index is 5.36. The second-order valence-corrected chi connectivity index (χ2v) is 5.79. The molecule has 0 aliphatic carbocycles. The van der Waals surface area contributed by atoms with Crippen molar-refractivity contribution in [3.8, 4) is 11.5 Å². The SMILES string of the molecule is COc1ccc(CN2CCN(CCBr)CC2)cc1OC. The predicted molar refractivity (Wildman–Crippen MR) is 85.1 cm³/mol. The summed E-state index contributed by atoms with van der Waals surface area (Å²) in [7, 11) is 3.35. The van der Waals surface area contributed by atoms with Crippen molar-refractivity contribution in [3.05, 3.63) is 23.8 Å². The summed E-state index contributed by atoms with van der Waals surface area (Å²) in [5.41, 5.74) is 1.27. The number of hydrogen-bond acceptors (Lipinski definition) is 4. The molecule has 0 atom stereocenters. The average molecular weight is 343 g/mol. The first-order valence-electron chi connectivity index (χ1n) is 6.98. The zero-order valence-corrected chi connectivity index (χ0v) is 13.9.